The molecule has 0 unspecified atom stereocenters. The van der Waals surface area contributed by atoms with E-state index in [0.29, 0.717) is 17.8 Å². The fourth-order valence-electron chi connectivity index (χ4n) is 1.83. The van der Waals surface area contributed by atoms with E-state index in [1.807, 2.05) is 30.3 Å². The lowest BCUT2D eigenvalue weighted by Crippen LogP contribution is -2.15. The minimum absolute atomic E-state index is 0.389. The van der Waals surface area contributed by atoms with Gasteiger partial charge in [-0.2, -0.15) is 0 Å². The van der Waals surface area contributed by atoms with Gasteiger partial charge in [-0.3, -0.25) is 4.57 Å². The minimum Gasteiger partial charge on any atom is -0.406 e. The fraction of sp³-hybridized carbons (Fsp3) is 0.0769. The van der Waals surface area contributed by atoms with E-state index in [1.165, 1.54) is 4.57 Å². The number of hydrogen-bond acceptors (Lipinski definition) is 3. The average Bonchev–Trinajstić information content (AvgIpc) is 2.66. The zero-order chi connectivity index (χ0) is 12.5. The zero-order valence-corrected chi connectivity index (χ0v) is 10.9. The van der Waals surface area contributed by atoms with Crippen LogP contribution in [0, 0.1) is 0 Å². The molecule has 90 valence electrons. The van der Waals surface area contributed by atoms with Crippen LogP contribution in [0.4, 0.5) is 0 Å². The van der Waals surface area contributed by atoms with Crippen molar-refractivity contribution in [1.29, 1.82) is 0 Å². The van der Waals surface area contributed by atoms with Crippen molar-refractivity contribution in [1.82, 2.24) is 9.55 Å². The molecular weight excluding hydrogens is 296 g/mol. The van der Waals surface area contributed by atoms with E-state index >= 15 is 0 Å². The summed E-state index contributed by atoms with van der Waals surface area (Å²) in [5.41, 5.74) is 2.09. The number of rotatable bonds is 2. The van der Waals surface area contributed by atoms with E-state index < -0.39 is 0 Å². The third kappa shape index (κ3) is 1.97. The van der Waals surface area contributed by atoms with E-state index in [1.54, 1.807) is 12.3 Å². The topological polar surface area (TPSA) is 48.0 Å². The van der Waals surface area contributed by atoms with Gasteiger partial charge in [-0.1, -0.05) is 30.3 Å². The molecule has 18 heavy (non-hydrogen) atoms. The standard InChI is InChI=1S/C13H9BrN2O2/c14-10-6-11-12(15-7-10)16(13(17)18-11)8-9-4-2-1-3-5-9/h1-7H,8H2. The molecule has 0 radical (unpaired) electrons. The largest absolute Gasteiger partial charge is 0.421 e. The molecule has 0 spiro atoms. The summed E-state index contributed by atoms with van der Waals surface area (Å²) in [6, 6.07) is 11.5. The van der Waals surface area contributed by atoms with Crippen molar-refractivity contribution >= 4 is 27.2 Å². The summed E-state index contributed by atoms with van der Waals surface area (Å²) in [5.74, 6) is -0.389. The molecule has 0 aliphatic heterocycles. The molecule has 0 N–H and O–H groups in total. The van der Waals surface area contributed by atoms with Crippen LogP contribution in [0.5, 0.6) is 0 Å². The van der Waals surface area contributed by atoms with Crippen molar-refractivity contribution in [2.24, 2.45) is 0 Å². The van der Waals surface area contributed by atoms with Gasteiger partial charge in [0.1, 0.15) is 0 Å². The van der Waals surface area contributed by atoms with Crippen molar-refractivity contribution < 1.29 is 4.42 Å². The number of benzene rings is 1. The maximum Gasteiger partial charge on any atom is 0.421 e. The summed E-state index contributed by atoms with van der Waals surface area (Å²) in [6.45, 7) is 0.460. The molecule has 0 bridgehead atoms. The lowest BCUT2D eigenvalue weighted by molar-refractivity contribution is 0.517. The van der Waals surface area contributed by atoms with Gasteiger partial charge >= 0.3 is 5.76 Å². The second-order valence-electron chi connectivity index (χ2n) is 3.91. The van der Waals surface area contributed by atoms with E-state index in [-0.39, 0.29) is 5.76 Å². The molecule has 2 aromatic heterocycles. The van der Waals surface area contributed by atoms with Gasteiger partial charge in [0.15, 0.2) is 11.2 Å². The highest BCUT2D eigenvalue weighted by Crippen LogP contribution is 2.16. The molecule has 1 aromatic carbocycles. The van der Waals surface area contributed by atoms with Crippen LogP contribution in [-0.2, 0) is 6.54 Å². The van der Waals surface area contributed by atoms with Crippen LogP contribution in [0.25, 0.3) is 11.2 Å². The Morgan fingerprint density at radius 1 is 1.28 bits per heavy atom. The van der Waals surface area contributed by atoms with Gasteiger partial charge in [-0.05, 0) is 21.5 Å². The Hall–Kier alpha value is -1.88. The Bertz CT molecular complexity index is 747. The van der Waals surface area contributed by atoms with Gasteiger partial charge in [0, 0.05) is 16.7 Å². The maximum absolute atomic E-state index is 11.8. The summed E-state index contributed by atoms with van der Waals surface area (Å²) in [5, 5.41) is 0. The number of oxazole rings is 1. The molecule has 0 aliphatic rings. The smallest absolute Gasteiger partial charge is 0.406 e. The quantitative estimate of drug-likeness (QED) is 0.731. The lowest BCUT2D eigenvalue weighted by Gasteiger charge is -2.01. The third-order valence-electron chi connectivity index (χ3n) is 2.66. The average molecular weight is 305 g/mol. The Morgan fingerprint density at radius 2 is 2.06 bits per heavy atom. The Kier molecular flexibility index (Phi) is 2.76. The van der Waals surface area contributed by atoms with Gasteiger partial charge in [0.25, 0.3) is 0 Å². The van der Waals surface area contributed by atoms with Crippen LogP contribution in [0.15, 0.2) is 56.3 Å². The van der Waals surface area contributed by atoms with Crippen molar-refractivity contribution in [3.63, 3.8) is 0 Å². The molecule has 2 heterocycles. The monoisotopic (exact) mass is 304 g/mol. The molecule has 0 saturated carbocycles. The highest BCUT2D eigenvalue weighted by atomic mass is 79.9. The number of aromatic nitrogens is 2. The first-order valence-electron chi connectivity index (χ1n) is 5.43. The molecule has 3 rings (SSSR count). The molecule has 5 heteroatoms. The van der Waals surface area contributed by atoms with Gasteiger partial charge in [-0.25, -0.2) is 9.78 Å². The van der Waals surface area contributed by atoms with Crippen LogP contribution in [0.1, 0.15) is 5.56 Å². The Morgan fingerprint density at radius 3 is 2.83 bits per heavy atom. The Balaban J connectivity index is 2.12. The SMILES string of the molecule is O=c1oc2cc(Br)cnc2n1Cc1ccccc1. The number of halogens is 1. The van der Waals surface area contributed by atoms with Gasteiger partial charge in [0.05, 0.1) is 6.54 Å². The molecular formula is C13H9BrN2O2. The molecule has 3 aromatic rings. The zero-order valence-electron chi connectivity index (χ0n) is 9.34. The highest BCUT2D eigenvalue weighted by molar-refractivity contribution is 9.10. The van der Waals surface area contributed by atoms with Gasteiger partial charge in [0.2, 0.25) is 0 Å². The molecule has 0 fully saturated rings. The predicted molar refractivity (Wildman–Crippen MR) is 71.5 cm³/mol. The van der Waals surface area contributed by atoms with E-state index in [4.69, 9.17) is 4.42 Å². The van der Waals surface area contributed by atoms with Crippen molar-refractivity contribution in [2.75, 3.05) is 0 Å². The molecule has 0 atom stereocenters. The fourth-order valence-corrected chi connectivity index (χ4v) is 2.14. The first kappa shape index (κ1) is 11.2. The predicted octanol–water partition coefficient (Wildman–Crippen LogP) is 2.80. The normalized spacial score (nSPS) is 10.9. The van der Waals surface area contributed by atoms with Gasteiger partial charge in [-0.15, -0.1) is 0 Å². The minimum atomic E-state index is -0.389. The van der Waals surface area contributed by atoms with Crippen LogP contribution in [-0.4, -0.2) is 9.55 Å². The van der Waals surface area contributed by atoms with Crippen molar-refractivity contribution in [2.45, 2.75) is 6.54 Å². The molecule has 4 nitrogen and oxygen atoms in total. The van der Waals surface area contributed by atoms with Crippen molar-refractivity contribution in [3.8, 4) is 0 Å². The number of hydrogen-bond donors (Lipinski definition) is 0. The van der Waals surface area contributed by atoms with Gasteiger partial charge < -0.3 is 4.42 Å². The second kappa shape index (κ2) is 4.42. The summed E-state index contributed by atoms with van der Waals surface area (Å²) < 4.78 is 7.48. The number of fused-ring (bicyclic) bond motifs is 1. The number of nitrogens with zero attached hydrogens (tertiary/aromatic N) is 2. The van der Waals surface area contributed by atoms with E-state index in [0.717, 1.165) is 10.0 Å². The van der Waals surface area contributed by atoms with Crippen LogP contribution in [0.2, 0.25) is 0 Å². The number of pyridine rings is 1. The summed E-state index contributed by atoms with van der Waals surface area (Å²) >= 11 is 3.30. The maximum atomic E-state index is 11.8. The van der Waals surface area contributed by atoms with Crippen LogP contribution < -0.4 is 5.76 Å². The summed E-state index contributed by atoms with van der Waals surface area (Å²) in [7, 11) is 0. The van der Waals surface area contributed by atoms with Crippen molar-refractivity contribution in [3.05, 3.63) is 63.2 Å². The van der Waals surface area contributed by atoms with Crippen LogP contribution >= 0.6 is 15.9 Å². The highest BCUT2D eigenvalue weighted by Gasteiger charge is 2.10. The van der Waals surface area contributed by atoms with E-state index in [2.05, 4.69) is 20.9 Å². The van der Waals surface area contributed by atoms with E-state index in [9.17, 15) is 4.79 Å². The second-order valence-corrected chi connectivity index (χ2v) is 4.83. The third-order valence-corrected chi connectivity index (χ3v) is 3.09. The summed E-state index contributed by atoms with van der Waals surface area (Å²) in [4.78, 5) is 16.0. The first-order chi connectivity index (χ1) is 8.74. The van der Waals surface area contributed by atoms with Crippen LogP contribution in [0.3, 0.4) is 0 Å². The Labute approximate surface area is 111 Å². The first-order valence-corrected chi connectivity index (χ1v) is 6.22. The molecule has 0 saturated heterocycles. The lowest BCUT2D eigenvalue weighted by atomic mass is 10.2. The molecule has 0 amide bonds. The molecule has 0 aliphatic carbocycles. The summed E-state index contributed by atoms with van der Waals surface area (Å²) in [6.07, 6.45) is 1.65.